The van der Waals surface area contributed by atoms with Crippen LogP contribution >= 0.6 is 11.3 Å². The molecule has 0 saturated carbocycles. The molecule has 8 heterocycles. The fraction of sp³-hybridized carbons (Fsp3) is 0. The van der Waals surface area contributed by atoms with Crippen molar-refractivity contribution in [1.82, 2.24) is 48.2 Å². The van der Waals surface area contributed by atoms with Gasteiger partial charge in [-0.3, -0.25) is 9.13 Å². The van der Waals surface area contributed by atoms with Crippen LogP contribution in [0.2, 0.25) is 0 Å². The second-order valence-corrected chi connectivity index (χ2v) is 23.9. The van der Waals surface area contributed by atoms with Crippen LogP contribution in [0.4, 0.5) is 0 Å². The van der Waals surface area contributed by atoms with Crippen LogP contribution < -0.4 is 0 Å². The van der Waals surface area contributed by atoms with E-state index in [9.17, 15) is 0 Å². The highest BCUT2D eigenvalue weighted by Crippen LogP contribution is 2.43. The Balaban J connectivity index is 0.000000130. The second kappa shape index (κ2) is 19.7. The van der Waals surface area contributed by atoms with Crippen molar-refractivity contribution in [3.63, 3.8) is 0 Å². The maximum Gasteiger partial charge on any atom is 0.237 e. The molecule has 0 unspecified atom stereocenters. The lowest BCUT2D eigenvalue weighted by Crippen LogP contribution is -2.00. The predicted molar refractivity (Wildman–Crippen MR) is 368 cm³/mol. The lowest BCUT2D eigenvalue weighted by molar-refractivity contribution is 0.669. The quantitative estimate of drug-likeness (QED) is 0.163. The maximum atomic E-state index is 6.17. The predicted octanol–water partition coefficient (Wildman–Crippen LogP) is 19.7. The minimum Gasteiger partial charge on any atom is -0.456 e. The summed E-state index contributed by atoms with van der Waals surface area (Å²) in [5.74, 6) is 1.22. The highest BCUT2D eigenvalue weighted by atomic mass is 32.1. The Hall–Kier alpha value is -12.1. The van der Waals surface area contributed by atoms with E-state index in [0.29, 0.717) is 11.9 Å². The number of aromatic nitrogens is 10. The van der Waals surface area contributed by atoms with Crippen molar-refractivity contribution in [1.29, 1.82) is 0 Å². The first-order valence-electron chi connectivity index (χ1n) is 29.9. The maximum absolute atomic E-state index is 6.17. The van der Waals surface area contributed by atoms with E-state index in [1.807, 2.05) is 23.5 Å². The van der Waals surface area contributed by atoms with E-state index < -0.39 is 0 Å². The van der Waals surface area contributed by atoms with Crippen LogP contribution in [0.5, 0.6) is 0 Å². The molecule has 0 fully saturated rings. The Morgan fingerprint density at radius 1 is 0.244 bits per heavy atom. The lowest BCUT2D eigenvalue weighted by Gasteiger charge is -2.10. The van der Waals surface area contributed by atoms with Crippen LogP contribution in [-0.2, 0) is 0 Å². The van der Waals surface area contributed by atoms with Gasteiger partial charge in [-0.2, -0.15) is 0 Å². The van der Waals surface area contributed by atoms with Crippen molar-refractivity contribution < 1.29 is 4.42 Å². The van der Waals surface area contributed by atoms with Gasteiger partial charge in [0.15, 0.2) is 0 Å². The average Bonchev–Trinajstić information content (AvgIpc) is 1.66. The largest absolute Gasteiger partial charge is 0.456 e. The Kier molecular flexibility index (Phi) is 11.0. The summed E-state index contributed by atoms with van der Waals surface area (Å²) < 4.78 is 17.8. The van der Waals surface area contributed by atoms with E-state index in [1.54, 1.807) is 25.3 Å². The van der Waals surface area contributed by atoms with Gasteiger partial charge >= 0.3 is 0 Å². The minimum atomic E-state index is 0.607. The molecule has 0 N–H and O–H groups in total. The van der Waals surface area contributed by atoms with Crippen molar-refractivity contribution >= 4 is 141 Å². The van der Waals surface area contributed by atoms with E-state index in [1.165, 1.54) is 69.3 Å². The standard InChI is InChI=1S/C39H23N5O.C39H23N5S/c2*1-4-10-33-27(7-1)31-21-36-32(28-8-2-5-11-34(28)44(36)39-41-22-40-23-42-39)20-35(31)43(33)26-16-13-24(14-17-26)25-15-18-30-29-9-3-6-12-37(29)45-38(30)19-25/h2*1-23H. The number of hydrogen-bond acceptors (Lipinski definition) is 8. The first-order valence-corrected chi connectivity index (χ1v) is 30.7. The SMILES string of the molecule is c1ccc2c(c1)oc1cc(-c3ccc(-n4c5ccccc5c5cc6c(cc54)c4ccccc4n6-c4ncncn4)cc3)ccc12.c1ccc2c(c1)sc1cc(-c3ccc(-n4c5ccccc5c5cc6c(cc54)c4ccccc4n6-c4ncncn4)cc3)ccc12. The Morgan fingerprint density at radius 2 is 0.600 bits per heavy atom. The number of benzene rings is 12. The van der Waals surface area contributed by atoms with Crippen molar-refractivity contribution in [2.75, 3.05) is 0 Å². The number of hydrogen-bond donors (Lipinski definition) is 0. The molecule has 0 bridgehead atoms. The molecule has 8 aromatic heterocycles. The summed E-state index contributed by atoms with van der Waals surface area (Å²) in [5, 5.41) is 14.3. The molecule has 420 valence electrons. The zero-order valence-corrected chi connectivity index (χ0v) is 48.7. The first kappa shape index (κ1) is 50.1. The molecular weight excluding hydrogens is 1120 g/mol. The van der Waals surface area contributed by atoms with Gasteiger partial charge in [0.05, 0.1) is 44.1 Å². The number of nitrogens with zero attached hydrogens (tertiary/aromatic N) is 10. The fourth-order valence-electron chi connectivity index (χ4n) is 14.0. The molecule has 12 aromatic carbocycles. The molecule has 20 aromatic rings. The highest BCUT2D eigenvalue weighted by Gasteiger charge is 2.22. The molecule has 0 aliphatic carbocycles. The zero-order chi connectivity index (χ0) is 59.0. The van der Waals surface area contributed by atoms with E-state index >= 15 is 0 Å². The molecule has 0 amide bonds. The van der Waals surface area contributed by atoms with E-state index in [2.05, 4.69) is 291 Å². The molecule has 0 radical (unpaired) electrons. The Labute approximate surface area is 515 Å². The van der Waals surface area contributed by atoms with Crippen LogP contribution in [-0.4, -0.2) is 48.2 Å². The molecule has 90 heavy (non-hydrogen) atoms. The van der Waals surface area contributed by atoms with Crippen LogP contribution in [0.3, 0.4) is 0 Å². The molecule has 0 aliphatic heterocycles. The van der Waals surface area contributed by atoms with Gasteiger partial charge in [0.1, 0.15) is 36.5 Å². The molecule has 20 rings (SSSR count). The number of rotatable bonds is 6. The zero-order valence-electron chi connectivity index (χ0n) is 47.8. The average molecular weight is 1170 g/mol. The van der Waals surface area contributed by atoms with Crippen LogP contribution in [0.15, 0.2) is 285 Å². The third-order valence-electron chi connectivity index (χ3n) is 18.0. The van der Waals surface area contributed by atoms with Gasteiger partial charge in [0.2, 0.25) is 11.9 Å². The van der Waals surface area contributed by atoms with Gasteiger partial charge < -0.3 is 13.6 Å². The first-order chi connectivity index (χ1) is 44.6. The van der Waals surface area contributed by atoms with Crippen LogP contribution in [0.25, 0.3) is 175 Å². The van der Waals surface area contributed by atoms with Gasteiger partial charge in [-0.15, -0.1) is 11.3 Å². The molecule has 12 heteroatoms. The molecule has 11 nitrogen and oxygen atoms in total. The normalized spacial score (nSPS) is 12.0. The van der Waals surface area contributed by atoms with Gasteiger partial charge in [-0.25, -0.2) is 29.9 Å². The summed E-state index contributed by atoms with van der Waals surface area (Å²) in [7, 11) is 0. The van der Waals surface area contributed by atoms with Crippen LogP contribution in [0.1, 0.15) is 0 Å². The summed E-state index contributed by atoms with van der Waals surface area (Å²) >= 11 is 1.86. The molecule has 0 saturated heterocycles. The van der Waals surface area contributed by atoms with E-state index in [4.69, 9.17) is 4.42 Å². The third kappa shape index (κ3) is 7.65. The van der Waals surface area contributed by atoms with E-state index in [0.717, 1.165) is 93.7 Å². The molecule has 0 spiro atoms. The Morgan fingerprint density at radius 3 is 1.09 bits per heavy atom. The summed E-state index contributed by atoms with van der Waals surface area (Å²) in [6.07, 6.45) is 6.20. The van der Waals surface area contributed by atoms with Crippen molar-refractivity contribution in [2.24, 2.45) is 0 Å². The molecular formula is C78H46N10OS. The number of furan rings is 1. The van der Waals surface area contributed by atoms with Crippen molar-refractivity contribution in [2.45, 2.75) is 0 Å². The number of fused-ring (bicyclic) bond motifs is 18. The second-order valence-electron chi connectivity index (χ2n) is 22.8. The summed E-state index contributed by atoms with van der Waals surface area (Å²) in [4.78, 5) is 26.1. The van der Waals surface area contributed by atoms with Gasteiger partial charge in [0.25, 0.3) is 0 Å². The monoisotopic (exact) mass is 1170 g/mol. The van der Waals surface area contributed by atoms with Gasteiger partial charge in [-0.1, -0.05) is 152 Å². The highest BCUT2D eigenvalue weighted by molar-refractivity contribution is 7.25. The van der Waals surface area contributed by atoms with Gasteiger partial charge in [0, 0.05) is 85.4 Å². The number of thiophene rings is 1. The summed E-state index contributed by atoms with van der Waals surface area (Å²) in [6.45, 7) is 0. The van der Waals surface area contributed by atoms with Crippen molar-refractivity contribution in [3.8, 4) is 45.5 Å². The van der Waals surface area contributed by atoms with Crippen molar-refractivity contribution in [3.05, 3.63) is 280 Å². The van der Waals surface area contributed by atoms with E-state index in [-0.39, 0.29) is 0 Å². The minimum absolute atomic E-state index is 0.607. The lowest BCUT2D eigenvalue weighted by atomic mass is 10.0. The fourth-order valence-corrected chi connectivity index (χ4v) is 15.1. The summed E-state index contributed by atoms with van der Waals surface area (Å²) in [6, 6.07) is 91.4. The molecule has 0 aliphatic rings. The Bertz CT molecular complexity index is 5890. The summed E-state index contributed by atoms with van der Waals surface area (Å²) in [5.41, 5.74) is 17.7. The molecule has 0 atom stereocenters. The third-order valence-corrected chi connectivity index (χ3v) is 19.1. The smallest absolute Gasteiger partial charge is 0.237 e. The van der Waals surface area contributed by atoms with Gasteiger partial charge in [-0.05, 0) is 125 Å². The topological polar surface area (TPSA) is 110 Å². The number of para-hydroxylation sites is 5. The van der Waals surface area contributed by atoms with Crippen LogP contribution in [0, 0.1) is 0 Å².